The highest BCUT2D eigenvalue weighted by Crippen LogP contribution is 2.43. The predicted molar refractivity (Wildman–Crippen MR) is 94.6 cm³/mol. The molecule has 1 heterocycles. The fraction of sp³-hybridized carbons (Fsp3) is 0.278. The maximum Gasteiger partial charge on any atom is 0.221 e. The number of hydrogen-bond acceptors (Lipinski definition) is 6. The molecule has 3 rings (SSSR count). The Morgan fingerprint density at radius 3 is 2.68 bits per heavy atom. The number of rotatable bonds is 6. The quantitative estimate of drug-likeness (QED) is 0.321. The number of nitrogens with zero attached hydrogens (tertiary/aromatic N) is 2. The monoisotopic (exact) mass is 339 g/mol. The Balaban J connectivity index is 0.000000511. The molecule has 7 heteroatoms. The van der Waals surface area contributed by atoms with E-state index in [9.17, 15) is 0 Å². The number of carbonyl (C=O) groups is 1. The van der Waals surface area contributed by atoms with Gasteiger partial charge in [0.25, 0.3) is 0 Å². The zero-order valence-corrected chi connectivity index (χ0v) is 14.0. The SMILES string of the molecule is CNc1cccc(C2CC2)c1COc1cccc(C#N)n1.NNC=O. The molecule has 7 nitrogen and oxygen atoms in total. The predicted octanol–water partition coefficient (Wildman–Crippen LogP) is 2.06. The van der Waals surface area contributed by atoms with Gasteiger partial charge in [-0.15, -0.1) is 0 Å². The zero-order chi connectivity index (χ0) is 18.1. The summed E-state index contributed by atoms with van der Waals surface area (Å²) in [7, 11) is 1.92. The number of nitrogens with one attached hydrogen (secondary N) is 2. The van der Waals surface area contributed by atoms with E-state index in [0.717, 1.165) is 5.69 Å². The van der Waals surface area contributed by atoms with Crippen molar-refractivity contribution in [3.8, 4) is 11.9 Å². The molecule has 1 amide bonds. The summed E-state index contributed by atoms with van der Waals surface area (Å²) in [6, 6.07) is 13.6. The van der Waals surface area contributed by atoms with Gasteiger partial charge in [0, 0.05) is 24.4 Å². The van der Waals surface area contributed by atoms with Gasteiger partial charge in [-0.1, -0.05) is 18.2 Å². The second kappa shape index (κ2) is 9.25. The van der Waals surface area contributed by atoms with Gasteiger partial charge in [-0.3, -0.25) is 10.2 Å². The van der Waals surface area contributed by atoms with Crippen LogP contribution in [0.4, 0.5) is 5.69 Å². The van der Waals surface area contributed by atoms with Gasteiger partial charge < -0.3 is 10.1 Å². The van der Waals surface area contributed by atoms with Crippen molar-refractivity contribution < 1.29 is 9.53 Å². The molecule has 0 saturated heterocycles. The molecule has 2 aromatic rings. The molecule has 0 bridgehead atoms. The standard InChI is InChI=1S/C17H17N3O.CH4N2O/c1-19-16-6-3-5-14(12-8-9-12)15(16)11-21-17-7-2-4-13(10-18)20-17;2-3-1-4/h2-7,12,19H,8-9,11H2,1H3;1H,2H2,(H,3,4). The van der Waals surface area contributed by atoms with E-state index in [1.54, 1.807) is 23.6 Å². The van der Waals surface area contributed by atoms with Crippen LogP contribution in [0, 0.1) is 11.3 Å². The fourth-order valence-electron chi connectivity index (χ4n) is 2.48. The molecule has 1 aromatic carbocycles. The van der Waals surface area contributed by atoms with Crippen LogP contribution in [0.1, 0.15) is 35.6 Å². The van der Waals surface area contributed by atoms with Crippen molar-refractivity contribution in [2.75, 3.05) is 12.4 Å². The summed E-state index contributed by atoms with van der Waals surface area (Å²) in [6.45, 7) is 0.463. The summed E-state index contributed by atoms with van der Waals surface area (Å²) in [5, 5.41) is 12.1. The first-order valence-corrected chi connectivity index (χ1v) is 7.92. The molecular formula is C18H21N5O2. The molecule has 25 heavy (non-hydrogen) atoms. The van der Waals surface area contributed by atoms with Crippen LogP contribution in [-0.4, -0.2) is 18.4 Å². The topological polar surface area (TPSA) is 113 Å². The van der Waals surface area contributed by atoms with Crippen molar-refractivity contribution in [1.29, 1.82) is 5.26 Å². The highest BCUT2D eigenvalue weighted by molar-refractivity contribution is 5.56. The molecule has 1 saturated carbocycles. The molecule has 1 aromatic heterocycles. The largest absolute Gasteiger partial charge is 0.473 e. The van der Waals surface area contributed by atoms with E-state index in [4.69, 9.17) is 14.8 Å². The third kappa shape index (κ3) is 5.19. The molecule has 4 N–H and O–H groups in total. The van der Waals surface area contributed by atoms with Crippen molar-refractivity contribution >= 4 is 12.1 Å². The summed E-state index contributed by atoms with van der Waals surface area (Å²) < 4.78 is 5.79. The van der Waals surface area contributed by atoms with Crippen molar-refractivity contribution in [1.82, 2.24) is 10.4 Å². The molecular weight excluding hydrogens is 318 g/mol. The first-order valence-electron chi connectivity index (χ1n) is 7.92. The summed E-state index contributed by atoms with van der Waals surface area (Å²) in [4.78, 5) is 13.1. The highest BCUT2D eigenvalue weighted by atomic mass is 16.5. The van der Waals surface area contributed by atoms with Crippen LogP contribution in [0.25, 0.3) is 0 Å². The number of nitrogens with two attached hydrogens (primary N) is 1. The van der Waals surface area contributed by atoms with Gasteiger partial charge in [-0.2, -0.15) is 5.26 Å². The lowest BCUT2D eigenvalue weighted by Crippen LogP contribution is -2.18. The number of hydrogen-bond donors (Lipinski definition) is 3. The Bertz CT molecular complexity index is 753. The number of ether oxygens (including phenoxy) is 1. The molecule has 0 radical (unpaired) electrons. The number of amides is 1. The van der Waals surface area contributed by atoms with E-state index in [0.29, 0.717) is 30.5 Å². The van der Waals surface area contributed by atoms with Crippen LogP contribution in [0.2, 0.25) is 0 Å². The van der Waals surface area contributed by atoms with Crippen molar-refractivity contribution in [3.05, 3.63) is 53.2 Å². The molecule has 0 spiro atoms. The average Bonchev–Trinajstić information content (AvgIpc) is 3.51. The third-order valence-corrected chi connectivity index (χ3v) is 3.77. The minimum absolute atomic E-state index is 0.372. The van der Waals surface area contributed by atoms with Crippen LogP contribution in [0.15, 0.2) is 36.4 Å². The average molecular weight is 339 g/mol. The van der Waals surface area contributed by atoms with Crippen molar-refractivity contribution in [3.63, 3.8) is 0 Å². The Morgan fingerprint density at radius 1 is 1.36 bits per heavy atom. The van der Waals surface area contributed by atoms with Crippen LogP contribution < -0.4 is 21.3 Å². The molecule has 1 aliphatic carbocycles. The Labute approximate surface area is 146 Å². The molecule has 0 atom stereocenters. The number of anilines is 1. The molecule has 130 valence electrons. The number of aromatic nitrogens is 1. The van der Waals surface area contributed by atoms with Crippen molar-refractivity contribution in [2.24, 2.45) is 5.84 Å². The van der Waals surface area contributed by atoms with E-state index in [2.05, 4.69) is 34.3 Å². The lowest BCUT2D eigenvalue weighted by molar-refractivity contribution is -0.109. The second-order valence-corrected chi connectivity index (χ2v) is 5.44. The maximum absolute atomic E-state index is 8.94. The van der Waals surface area contributed by atoms with Gasteiger partial charge in [0.2, 0.25) is 12.3 Å². The number of carbonyl (C=O) groups excluding carboxylic acids is 1. The minimum atomic E-state index is 0.372. The smallest absolute Gasteiger partial charge is 0.221 e. The number of hydrazine groups is 1. The Morgan fingerprint density at radius 2 is 2.08 bits per heavy atom. The summed E-state index contributed by atoms with van der Waals surface area (Å²) in [5.74, 6) is 5.56. The normalized spacial score (nSPS) is 12.2. The summed E-state index contributed by atoms with van der Waals surface area (Å²) in [5.41, 5.74) is 5.76. The summed E-state index contributed by atoms with van der Waals surface area (Å²) in [6.07, 6.45) is 2.91. The lowest BCUT2D eigenvalue weighted by atomic mass is 10.0. The van der Waals surface area contributed by atoms with E-state index in [1.807, 2.05) is 13.1 Å². The second-order valence-electron chi connectivity index (χ2n) is 5.44. The van der Waals surface area contributed by atoms with Crippen molar-refractivity contribution in [2.45, 2.75) is 25.4 Å². The third-order valence-electron chi connectivity index (χ3n) is 3.77. The van der Waals surface area contributed by atoms with E-state index < -0.39 is 0 Å². The van der Waals surface area contributed by atoms with Gasteiger partial charge in [-0.25, -0.2) is 10.8 Å². The van der Waals surface area contributed by atoms with E-state index in [1.165, 1.54) is 24.0 Å². The molecule has 0 aliphatic heterocycles. The van der Waals surface area contributed by atoms with E-state index >= 15 is 0 Å². The minimum Gasteiger partial charge on any atom is -0.473 e. The molecule has 0 unspecified atom stereocenters. The van der Waals surface area contributed by atoms with Crippen LogP contribution >= 0.6 is 0 Å². The highest BCUT2D eigenvalue weighted by Gasteiger charge is 2.27. The fourth-order valence-corrected chi connectivity index (χ4v) is 2.48. The number of nitriles is 1. The maximum atomic E-state index is 8.94. The van der Waals surface area contributed by atoms with Crippen LogP contribution in [-0.2, 0) is 11.4 Å². The van der Waals surface area contributed by atoms with Crippen LogP contribution in [0.3, 0.4) is 0 Å². The Kier molecular flexibility index (Phi) is 6.75. The van der Waals surface area contributed by atoms with Gasteiger partial charge in [0.15, 0.2) is 0 Å². The number of benzene rings is 1. The first kappa shape index (κ1) is 18.2. The number of pyridine rings is 1. The lowest BCUT2D eigenvalue weighted by Gasteiger charge is -2.15. The molecule has 1 fully saturated rings. The Hall–Kier alpha value is -3.11. The van der Waals surface area contributed by atoms with Gasteiger partial charge >= 0.3 is 0 Å². The first-order chi connectivity index (χ1) is 12.2. The van der Waals surface area contributed by atoms with E-state index in [-0.39, 0.29) is 0 Å². The van der Waals surface area contributed by atoms with Gasteiger partial charge in [0.1, 0.15) is 18.4 Å². The summed E-state index contributed by atoms with van der Waals surface area (Å²) >= 11 is 0. The van der Waals surface area contributed by atoms with Gasteiger partial charge in [0.05, 0.1) is 0 Å². The zero-order valence-electron chi connectivity index (χ0n) is 14.0. The van der Waals surface area contributed by atoms with Gasteiger partial charge in [-0.05, 0) is 36.5 Å². The molecule has 1 aliphatic rings. The van der Waals surface area contributed by atoms with Crippen LogP contribution in [0.5, 0.6) is 5.88 Å².